The van der Waals surface area contributed by atoms with Gasteiger partial charge in [-0.15, -0.1) is 0 Å². The minimum absolute atomic E-state index is 0.0256. The van der Waals surface area contributed by atoms with Gasteiger partial charge >= 0.3 is 35.8 Å². The summed E-state index contributed by atoms with van der Waals surface area (Å²) < 4.78 is 4.48. The fourth-order valence-corrected chi connectivity index (χ4v) is 3.74. The molecule has 17 N–H and O–H groups in total. The number of aliphatic carboxylic acids is 4. The molecule has 6 atom stereocenters. The van der Waals surface area contributed by atoms with Gasteiger partial charge in [-0.25, -0.2) is 9.59 Å². The molecular formula is C24H45N7O14S3. The lowest BCUT2D eigenvalue weighted by Crippen LogP contribution is -2.49. The Kier molecular flexibility index (Phi) is 29.4. The first kappa shape index (κ1) is 49.2. The van der Waals surface area contributed by atoms with Crippen LogP contribution in [0.25, 0.3) is 0 Å². The van der Waals surface area contributed by atoms with Gasteiger partial charge in [0.25, 0.3) is 0 Å². The van der Waals surface area contributed by atoms with Crippen molar-refractivity contribution >= 4 is 84.6 Å². The van der Waals surface area contributed by atoms with Gasteiger partial charge in [-0.05, 0) is 25.0 Å². The highest BCUT2D eigenvalue weighted by Gasteiger charge is 2.23. The van der Waals surface area contributed by atoms with Crippen molar-refractivity contribution in [2.24, 2.45) is 28.7 Å². The Morgan fingerprint density at radius 3 is 1.60 bits per heavy atom. The summed E-state index contributed by atoms with van der Waals surface area (Å²) in [6.07, 6.45) is 0.121. The molecule has 0 aliphatic heterocycles. The van der Waals surface area contributed by atoms with Crippen molar-refractivity contribution in [1.29, 1.82) is 0 Å². The molecule has 0 saturated heterocycles. The Hall–Kier alpha value is -3.23. The highest BCUT2D eigenvalue weighted by molar-refractivity contribution is 7.99. The number of rotatable bonds is 21. The number of thiol groups is 2. The van der Waals surface area contributed by atoms with Crippen LogP contribution in [0.3, 0.4) is 0 Å². The van der Waals surface area contributed by atoms with Gasteiger partial charge in [-0.3, -0.25) is 28.8 Å². The quantitative estimate of drug-likeness (QED) is 0.0225. The number of amides is 2. The van der Waals surface area contributed by atoms with Crippen LogP contribution < -0.4 is 39.3 Å². The first-order valence-corrected chi connectivity index (χ1v) is 16.1. The highest BCUT2D eigenvalue weighted by Crippen LogP contribution is 2.07. The number of carbonyl (C=O) groups is 8. The van der Waals surface area contributed by atoms with Crippen LogP contribution in [0.15, 0.2) is 0 Å². The number of nitrogens with two attached hydrogens (primary N) is 5. The number of carboxylic acid groups (broad SMARTS) is 4. The number of hydrogen-bond donors (Lipinski definition) is 14. The third kappa shape index (κ3) is 26.8. The predicted molar refractivity (Wildman–Crippen MR) is 177 cm³/mol. The number of hydrogen-bond acceptors (Lipinski definition) is 18. The summed E-state index contributed by atoms with van der Waals surface area (Å²) in [5, 5.41) is 46.1. The Bertz CT molecular complexity index is 1060. The van der Waals surface area contributed by atoms with Crippen molar-refractivity contribution in [1.82, 2.24) is 10.6 Å². The van der Waals surface area contributed by atoms with Crippen molar-refractivity contribution < 1.29 is 68.6 Å². The molecule has 0 heterocycles. The molecule has 0 aromatic heterocycles. The Labute approximate surface area is 290 Å². The van der Waals surface area contributed by atoms with Crippen LogP contribution in [0.2, 0.25) is 0 Å². The molecule has 0 aliphatic carbocycles. The minimum atomic E-state index is -1.22. The fourth-order valence-electron chi connectivity index (χ4n) is 2.35. The maximum Gasteiger partial charge on any atom is 0.331 e. The monoisotopic (exact) mass is 751 g/mol. The zero-order chi connectivity index (χ0) is 38.0. The summed E-state index contributed by atoms with van der Waals surface area (Å²) in [5.74, 6) is -6.91. The zero-order valence-electron chi connectivity index (χ0n) is 25.6. The summed E-state index contributed by atoms with van der Waals surface area (Å²) in [7, 11) is 0. The number of aliphatic hydroxyl groups is 1. The van der Waals surface area contributed by atoms with E-state index in [1.54, 1.807) is 0 Å². The van der Waals surface area contributed by atoms with Gasteiger partial charge in [0.1, 0.15) is 42.8 Å². The maximum atomic E-state index is 11.5. The van der Waals surface area contributed by atoms with Gasteiger partial charge in [0.2, 0.25) is 11.8 Å². The molecule has 3 unspecified atom stereocenters. The lowest BCUT2D eigenvalue weighted by atomic mass is 10.1. The van der Waals surface area contributed by atoms with E-state index < -0.39 is 90.4 Å². The number of thioether (sulfide) groups is 1. The normalized spacial score (nSPS) is 14.0. The molecule has 0 bridgehead atoms. The van der Waals surface area contributed by atoms with Crippen molar-refractivity contribution in [2.75, 3.05) is 36.2 Å². The molecule has 24 heteroatoms. The first-order valence-electron chi connectivity index (χ1n) is 13.7. The van der Waals surface area contributed by atoms with E-state index in [4.69, 9.17) is 54.2 Å². The number of carbonyl (C=O) groups excluding carboxylic acids is 4. The Balaban J connectivity index is -0.000000689. The topological polar surface area (TPSA) is 401 Å². The summed E-state index contributed by atoms with van der Waals surface area (Å²) in [5.41, 5.74) is 26.4. The van der Waals surface area contributed by atoms with E-state index in [0.717, 1.165) is 0 Å². The molecule has 0 aromatic rings. The lowest BCUT2D eigenvalue weighted by Gasteiger charge is -2.16. The second kappa shape index (κ2) is 28.8. The van der Waals surface area contributed by atoms with Crippen LogP contribution in [0.1, 0.15) is 25.7 Å². The van der Waals surface area contributed by atoms with E-state index in [1.165, 1.54) is 11.8 Å². The Morgan fingerprint density at radius 2 is 1.19 bits per heavy atom. The molecule has 21 nitrogen and oxygen atoms in total. The molecule has 0 saturated carbocycles. The fraction of sp³-hybridized carbons (Fsp3) is 0.667. The molecule has 0 rings (SSSR count). The molecule has 48 heavy (non-hydrogen) atoms. The molecule has 2 amide bonds. The third-order valence-corrected chi connectivity index (χ3v) is 7.07. The SMILES string of the molecule is NC(CCC(=O)NC(CS)C(=O)NCC(=O)O)C(=O)O.NC(CSCC[C@H](N)C(=O)OC(=O)[C@@H](N)CS)C(=O)O.N[C@@H](CCO)C(=O)O. The van der Waals surface area contributed by atoms with Gasteiger partial charge in [0.15, 0.2) is 0 Å². The average Bonchev–Trinajstić information content (AvgIpc) is 3.02. The van der Waals surface area contributed by atoms with Crippen LogP contribution in [0.4, 0.5) is 0 Å². The van der Waals surface area contributed by atoms with Gasteiger partial charge < -0.3 is 69.6 Å². The third-order valence-electron chi connectivity index (χ3n) is 5.20. The number of nitrogens with one attached hydrogen (secondary N) is 2. The van der Waals surface area contributed by atoms with Crippen molar-refractivity contribution in [3.05, 3.63) is 0 Å². The van der Waals surface area contributed by atoms with Gasteiger partial charge in [-0.1, -0.05) is 0 Å². The Morgan fingerprint density at radius 1 is 0.688 bits per heavy atom. The molecule has 0 fully saturated rings. The molecule has 0 spiro atoms. The smallest absolute Gasteiger partial charge is 0.331 e. The number of carboxylic acids is 4. The van der Waals surface area contributed by atoms with Crippen LogP contribution in [0.5, 0.6) is 0 Å². The molecule has 278 valence electrons. The first-order chi connectivity index (χ1) is 22.2. The zero-order valence-corrected chi connectivity index (χ0v) is 28.2. The van der Waals surface area contributed by atoms with Crippen LogP contribution in [-0.4, -0.2) is 146 Å². The van der Waals surface area contributed by atoms with E-state index in [0.29, 0.717) is 5.75 Å². The van der Waals surface area contributed by atoms with Crippen molar-refractivity contribution in [3.8, 4) is 0 Å². The minimum Gasteiger partial charge on any atom is -0.480 e. The second-order valence-corrected chi connectivity index (χ2v) is 11.2. The second-order valence-electron chi connectivity index (χ2n) is 9.30. The maximum absolute atomic E-state index is 11.5. The lowest BCUT2D eigenvalue weighted by molar-refractivity contribution is -0.161. The standard InChI is InChI=1S/C10H17N3O6S.C10H19N3O5S2.C4H9NO3/c11-5(10(18)19)1-2-7(14)13-6(4-20)9(17)12-3-8(15)16;11-5(1-2-20-4-7(13)8(14)15)9(16)18-10(17)6(12)3-19;5-3(1-2-6)4(7)8/h5-6,20H,1-4,11H2,(H,12,17)(H,13,14)(H,15,16)(H,18,19);5-7,19H,1-4,11-13H2,(H,14,15);3,6H,1-2,5H2,(H,7,8)/t;5-,6-,7?;3-/m.00/s1. The van der Waals surface area contributed by atoms with Gasteiger partial charge in [-0.2, -0.15) is 37.0 Å². The summed E-state index contributed by atoms with van der Waals surface area (Å²) >= 11 is 8.93. The van der Waals surface area contributed by atoms with E-state index in [1.807, 2.05) is 0 Å². The summed E-state index contributed by atoms with van der Waals surface area (Å²) in [4.78, 5) is 86.7. The van der Waals surface area contributed by atoms with Crippen LogP contribution in [0, 0.1) is 0 Å². The molecule has 0 aromatic carbocycles. The number of ether oxygens (including phenoxy) is 1. The highest BCUT2D eigenvalue weighted by atomic mass is 32.2. The van der Waals surface area contributed by atoms with Gasteiger partial charge in [0, 0.05) is 30.3 Å². The van der Waals surface area contributed by atoms with Crippen LogP contribution >= 0.6 is 37.0 Å². The summed E-state index contributed by atoms with van der Waals surface area (Å²) in [6, 6.07) is -5.97. The van der Waals surface area contributed by atoms with E-state index in [2.05, 4.69) is 40.6 Å². The number of esters is 2. The van der Waals surface area contributed by atoms with Crippen LogP contribution in [-0.2, 0) is 43.1 Å². The summed E-state index contributed by atoms with van der Waals surface area (Å²) in [6.45, 7) is -0.740. The van der Waals surface area contributed by atoms with E-state index >= 15 is 0 Å². The van der Waals surface area contributed by atoms with E-state index in [9.17, 15) is 38.4 Å². The molecular weight excluding hydrogens is 707 g/mol. The van der Waals surface area contributed by atoms with Gasteiger partial charge in [0.05, 0.1) is 0 Å². The number of aliphatic hydroxyl groups excluding tert-OH is 1. The average molecular weight is 752 g/mol. The van der Waals surface area contributed by atoms with E-state index in [-0.39, 0.29) is 49.5 Å². The largest absolute Gasteiger partial charge is 0.480 e. The van der Waals surface area contributed by atoms with Crippen molar-refractivity contribution in [2.45, 2.75) is 61.9 Å². The van der Waals surface area contributed by atoms with Crippen molar-refractivity contribution in [3.63, 3.8) is 0 Å². The molecule has 0 radical (unpaired) electrons. The predicted octanol–water partition coefficient (Wildman–Crippen LogP) is -5.25. The molecule has 0 aliphatic rings.